The molecule has 0 saturated carbocycles. The zero-order valence-corrected chi connectivity index (χ0v) is 21.3. The molecule has 2 aromatic carbocycles. The summed E-state index contributed by atoms with van der Waals surface area (Å²) in [6.45, 7) is 1.77. The number of phosphoric ester groups is 1. The van der Waals surface area contributed by atoms with Gasteiger partial charge in [-0.2, -0.15) is 16.8 Å². The van der Waals surface area contributed by atoms with E-state index in [1.807, 2.05) is 0 Å². The van der Waals surface area contributed by atoms with Crippen LogP contribution in [0.2, 0.25) is 0 Å². The summed E-state index contributed by atoms with van der Waals surface area (Å²) in [4.78, 5) is 32.0. The van der Waals surface area contributed by atoms with E-state index in [2.05, 4.69) is 19.7 Å². The molecule has 0 aliphatic heterocycles. The number of rotatable bonds is 8. The molecule has 198 valence electrons. The van der Waals surface area contributed by atoms with Crippen molar-refractivity contribution in [1.29, 1.82) is 0 Å². The Hall–Kier alpha value is -3.15. The van der Waals surface area contributed by atoms with Crippen LogP contribution in [0, 0.1) is 13.8 Å². The lowest BCUT2D eigenvalue weighted by atomic mass is 10.1. The highest BCUT2D eigenvalue weighted by Crippen LogP contribution is 2.40. The van der Waals surface area contributed by atoms with Gasteiger partial charge in [-0.1, -0.05) is 0 Å². The molecule has 0 saturated heterocycles. The second kappa shape index (κ2) is 9.96. The number of aldehydes is 1. The number of hydrogen-bond donors (Lipinski definition) is 5. The lowest BCUT2D eigenvalue weighted by Crippen LogP contribution is -2.04. The Morgan fingerprint density at radius 2 is 1.54 bits per heavy atom. The van der Waals surface area contributed by atoms with Crippen LogP contribution in [0.4, 0.5) is 11.5 Å². The van der Waals surface area contributed by atoms with Crippen molar-refractivity contribution in [3.63, 3.8) is 0 Å². The van der Waals surface area contributed by atoms with Gasteiger partial charge in [-0.25, -0.2) is 9.55 Å². The van der Waals surface area contributed by atoms with E-state index in [4.69, 9.17) is 9.79 Å². The van der Waals surface area contributed by atoms with Gasteiger partial charge in [0.2, 0.25) is 0 Å². The van der Waals surface area contributed by atoms with E-state index in [1.165, 1.54) is 19.9 Å². The Morgan fingerprint density at radius 3 is 2.08 bits per heavy atom. The van der Waals surface area contributed by atoms with E-state index in [9.17, 15) is 40.4 Å². The van der Waals surface area contributed by atoms with Crippen molar-refractivity contribution in [2.45, 2.75) is 30.2 Å². The maximum Gasteiger partial charge on any atom is 0.469 e. The highest BCUT2D eigenvalue weighted by Gasteiger charge is 2.24. The van der Waals surface area contributed by atoms with Crippen LogP contribution in [-0.2, 0) is 35.9 Å². The van der Waals surface area contributed by atoms with Crippen LogP contribution < -0.4 is 0 Å². The van der Waals surface area contributed by atoms with Gasteiger partial charge in [0, 0.05) is 16.3 Å². The first-order valence-corrected chi connectivity index (χ1v) is 14.2. The van der Waals surface area contributed by atoms with Gasteiger partial charge in [-0.05, 0) is 43.7 Å². The molecule has 5 N–H and O–H groups in total. The molecule has 3 aromatic rings. The van der Waals surface area contributed by atoms with Gasteiger partial charge in [0.25, 0.3) is 20.2 Å². The fourth-order valence-corrected chi connectivity index (χ4v) is 5.14. The number of pyridine rings is 1. The second-order valence-electron chi connectivity index (χ2n) is 7.60. The van der Waals surface area contributed by atoms with Crippen LogP contribution >= 0.6 is 7.82 Å². The molecular weight excluding hydrogens is 557 g/mol. The highest BCUT2D eigenvalue weighted by molar-refractivity contribution is 7.86. The van der Waals surface area contributed by atoms with E-state index in [1.54, 1.807) is 0 Å². The molecule has 0 aliphatic rings. The second-order valence-corrected chi connectivity index (χ2v) is 11.6. The first-order valence-electron chi connectivity index (χ1n) is 9.75. The number of nitrogens with zero attached hydrogens (tertiary/aromatic N) is 3. The largest absolute Gasteiger partial charge is 0.505 e. The first kappa shape index (κ1) is 28.4. The van der Waals surface area contributed by atoms with Crippen LogP contribution in [0.15, 0.2) is 44.3 Å². The molecular formula is C19H18N3O12PS2. The van der Waals surface area contributed by atoms with Crippen molar-refractivity contribution >= 4 is 56.6 Å². The van der Waals surface area contributed by atoms with Gasteiger partial charge in [-0.3, -0.25) is 18.4 Å². The maximum absolute atomic E-state index is 12.0. The number of carbonyl (C=O) groups excluding carboxylic acids is 1. The van der Waals surface area contributed by atoms with E-state index >= 15 is 0 Å². The van der Waals surface area contributed by atoms with Crippen LogP contribution in [0.5, 0.6) is 5.75 Å². The van der Waals surface area contributed by atoms with E-state index < -0.39 is 61.6 Å². The molecule has 0 unspecified atom stereocenters. The number of carbonyl (C=O) groups is 1. The zero-order chi connectivity index (χ0) is 27.9. The SMILES string of the molecule is Cc1cc(S(=O)(=O)O)c2cc(N=Nc3nc(C)c(O)c(C=O)c3COP(=O)(O)O)cc(S(=O)(=O)O)c2c1. The summed E-state index contributed by atoms with van der Waals surface area (Å²) in [6.07, 6.45) is 0.161. The van der Waals surface area contributed by atoms with Gasteiger partial charge in [0.05, 0.1) is 23.6 Å². The summed E-state index contributed by atoms with van der Waals surface area (Å²) in [7, 11) is -14.8. The standard InChI is InChI=1S/C19H18N3O12PS2/c1-9-3-12-13(16(4-9)36(28,29)30)5-11(6-17(12)37(31,32)33)21-22-19-15(8-34-35(25,26)27)14(7-23)18(24)10(2)20-19/h3-7,24H,8H2,1-2H3,(H2,25,26,27)(H,28,29,30)(H,31,32,33). The average Bonchev–Trinajstić information content (AvgIpc) is 2.75. The minimum atomic E-state index is -5.04. The maximum atomic E-state index is 12.0. The molecule has 15 nitrogen and oxygen atoms in total. The fourth-order valence-electron chi connectivity index (χ4n) is 3.35. The number of hydrogen-bond acceptors (Lipinski definition) is 11. The Morgan fingerprint density at radius 1 is 0.973 bits per heavy atom. The summed E-state index contributed by atoms with van der Waals surface area (Å²) in [5, 5.41) is 17.0. The van der Waals surface area contributed by atoms with Crippen molar-refractivity contribution in [3.05, 3.63) is 46.6 Å². The third-order valence-corrected chi connectivity index (χ3v) is 7.15. The smallest absolute Gasteiger partial charge is 0.469 e. The van der Waals surface area contributed by atoms with Crippen LogP contribution in [-0.4, -0.2) is 52.1 Å². The Bertz CT molecular complexity index is 1730. The van der Waals surface area contributed by atoms with Gasteiger partial charge in [-0.15, -0.1) is 10.2 Å². The van der Waals surface area contributed by atoms with Crippen molar-refractivity contribution in [1.82, 2.24) is 4.98 Å². The van der Waals surface area contributed by atoms with E-state index in [-0.39, 0.29) is 39.6 Å². The van der Waals surface area contributed by atoms with Crippen molar-refractivity contribution in [2.24, 2.45) is 10.2 Å². The third-order valence-electron chi connectivity index (χ3n) is 4.90. The third kappa shape index (κ3) is 6.41. The lowest BCUT2D eigenvalue weighted by Gasteiger charge is -2.12. The molecule has 0 aliphatic carbocycles. The normalized spacial score (nSPS) is 12.9. The van der Waals surface area contributed by atoms with Crippen molar-refractivity contribution in [3.8, 4) is 5.75 Å². The average molecular weight is 575 g/mol. The van der Waals surface area contributed by atoms with Gasteiger partial charge < -0.3 is 14.9 Å². The highest BCUT2D eigenvalue weighted by atomic mass is 32.2. The van der Waals surface area contributed by atoms with Crippen LogP contribution in [0.25, 0.3) is 10.8 Å². The van der Waals surface area contributed by atoms with Crippen molar-refractivity contribution < 1.29 is 54.7 Å². The summed E-state index contributed by atoms with van der Waals surface area (Å²) in [5.41, 5.74) is -1.08. The van der Waals surface area contributed by atoms with Gasteiger partial charge >= 0.3 is 7.82 Å². The summed E-state index contributed by atoms with van der Waals surface area (Å²) in [5.74, 6) is -1.08. The molecule has 3 rings (SSSR count). The summed E-state index contributed by atoms with van der Waals surface area (Å²) in [6, 6.07) is 4.20. The van der Waals surface area contributed by atoms with E-state index in [0.717, 1.165) is 18.2 Å². The molecule has 0 atom stereocenters. The zero-order valence-electron chi connectivity index (χ0n) is 18.8. The number of phosphoric acid groups is 1. The van der Waals surface area contributed by atoms with E-state index in [0.29, 0.717) is 0 Å². The Balaban J connectivity index is 2.30. The number of aromatic hydroxyl groups is 1. The topological polar surface area (TPSA) is 250 Å². The molecule has 1 aromatic heterocycles. The summed E-state index contributed by atoms with van der Waals surface area (Å²) < 4.78 is 82.8. The summed E-state index contributed by atoms with van der Waals surface area (Å²) >= 11 is 0. The lowest BCUT2D eigenvalue weighted by molar-refractivity contribution is 0.111. The molecule has 37 heavy (non-hydrogen) atoms. The van der Waals surface area contributed by atoms with Crippen LogP contribution in [0.1, 0.15) is 27.2 Å². The number of aromatic nitrogens is 1. The first-order chi connectivity index (χ1) is 16.9. The molecule has 0 radical (unpaired) electrons. The molecule has 0 fully saturated rings. The van der Waals surface area contributed by atoms with Crippen LogP contribution in [0.3, 0.4) is 0 Å². The number of fused-ring (bicyclic) bond motifs is 1. The predicted octanol–water partition coefficient (Wildman–Crippen LogP) is 2.89. The molecule has 0 spiro atoms. The van der Waals surface area contributed by atoms with Gasteiger partial charge in [0.1, 0.15) is 15.5 Å². The molecule has 1 heterocycles. The molecule has 0 amide bonds. The predicted molar refractivity (Wildman–Crippen MR) is 125 cm³/mol. The minimum Gasteiger partial charge on any atom is -0.505 e. The number of aryl methyl sites for hydroxylation is 2. The number of azo groups is 1. The fraction of sp³-hybridized carbons (Fsp3) is 0.158. The minimum absolute atomic E-state index is 0.128. The molecule has 0 bridgehead atoms. The quantitative estimate of drug-likeness (QED) is 0.112. The Kier molecular flexibility index (Phi) is 7.65. The van der Waals surface area contributed by atoms with Gasteiger partial charge in [0.15, 0.2) is 12.1 Å². The van der Waals surface area contributed by atoms with Crippen molar-refractivity contribution in [2.75, 3.05) is 0 Å². The Labute approximate surface area is 209 Å². The molecule has 18 heteroatoms. The monoisotopic (exact) mass is 575 g/mol. The number of benzene rings is 2.